The van der Waals surface area contributed by atoms with Crippen LogP contribution < -0.4 is 21.3 Å². The predicted octanol–water partition coefficient (Wildman–Crippen LogP) is 1.48. The van der Waals surface area contributed by atoms with Crippen LogP contribution >= 0.6 is 0 Å². The lowest BCUT2D eigenvalue weighted by Gasteiger charge is -2.06. The normalized spacial score (nSPS) is 20.2. The standard InChI is InChI=1S/C16H36N4/c1-4-17-12-8-13-18-10-6-5-7-11-19-14-9-15-16(2,3)20-15/h15,17-20H,4-14H2,1-3H3. The van der Waals surface area contributed by atoms with Crippen LogP contribution in [0.25, 0.3) is 0 Å². The molecule has 1 aliphatic heterocycles. The van der Waals surface area contributed by atoms with Gasteiger partial charge in [0.2, 0.25) is 0 Å². The fourth-order valence-corrected chi connectivity index (χ4v) is 2.53. The first-order chi connectivity index (χ1) is 9.67. The van der Waals surface area contributed by atoms with Gasteiger partial charge < -0.3 is 21.3 Å². The van der Waals surface area contributed by atoms with E-state index in [2.05, 4.69) is 42.0 Å². The van der Waals surface area contributed by atoms with Gasteiger partial charge in [-0.3, -0.25) is 0 Å². The monoisotopic (exact) mass is 284 g/mol. The van der Waals surface area contributed by atoms with Gasteiger partial charge in [0.25, 0.3) is 0 Å². The highest BCUT2D eigenvalue weighted by atomic mass is 15.2. The Morgan fingerprint density at radius 2 is 1.35 bits per heavy atom. The average molecular weight is 284 g/mol. The zero-order valence-electron chi connectivity index (χ0n) is 13.9. The van der Waals surface area contributed by atoms with E-state index in [0.29, 0.717) is 5.54 Å². The quantitative estimate of drug-likeness (QED) is 0.288. The molecule has 1 aliphatic rings. The van der Waals surface area contributed by atoms with Crippen LogP contribution in [-0.4, -0.2) is 50.8 Å². The maximum absolute atomic E-state index is 3.55. The summed E-state index contributed by atoms with van der Waals surface area (Å²) >= 11 is 0. The Hall–Kier alpha value is -0.160. The fourth-order valence-electron chi connectivity index (χ4n) is 2.53. The molecule has 0 aromatic rings. The van der Waals surface area contributed by atoms with E-state index in [4.69, 9.17) is 0 Å². The first kappa shape index (κ1) is 17.9. The molecule has 0 aromatic carbocycles. The molecule has 1 saturated heterocycles. The molecule has 1 atom stereocenters. The summed E-state index contributed by atoms with van der Waals surface area (Å²) in [6.07, 6.45) is 6.45. The lowest BCUT2D eigenvalue weighted by Crippen LogP contribution is -2.23. The van der Waals surface area contributed by atoms with Gasteiger partial charge >= 0.3 is 0 Å². The van der Waals surface area contributed by atoms with Crippen molar-refractivity contribution in [1.82, 2.24) is 21.3 Å². The molecular weight excluding hydrogens is 248 g/mol. The molecule has 1 unspecified atom stereocenters. The summed E-state index contributed by atoms with van der Waals surface area (Å²) in [4.78, 5) is 0. The lowest BCUT2D eigenvalue weighted by atomic mass is 10.1. The van der Waals surface area contributed by atoms with Crippen LogP contribution in [-0.2, 0) is 0 Å². The highest BCUT2D eigenvalue weighted by Crippen LogP contribution is 2.26. The van der Waals surface area contributed by atoms with Crippen molar-refractivity contribution in [3.05, 3.63) is 0 Å². The largest absolute Gasteiger partial charge is 0.317 e. The van der Waals surface area contributed by atoms with Gasteiger partial charge in [0, 0.05) is 11.6 Å². The summed E-state index contributed by atoms with van der Waals surface area (Å²) in [6, 6.07) is 0.737. The Morgan fingerprint density at radius 3 is 1.95 bits per heavy atom. The van der Waals surface area contributed by atoms with Crippen molar-refractivity contribution in [2.24, 2.45) is 0 Å². The summed E-state index contributed by atoms with van der Waals surface area (Å²) in [6.45, 7) is 13.6. The summed E-state index contributed by atoms with van der Waals surface area (Å²) in [5.74, 6) is 0. The maximum atomic E-state index is 3.55. The molecular formula is C16H36N4. The molecule has 0 bridgehead atoms. The Balaban J connectivity index is 1.67. The molecule has 1 heterocycles. The molecule has 20 heavy (non-hydrogen) atoms. The molecule has 0 saturated carbocycles. The van der Waals surface area contributed by atoms with E-state index in [0.717, 1.165) is 32.2 Å². The Labute approximate surface area is 125 Å². The summed E-state index contributed by atoms with van der Waals surface area (Å²) < 4.78 is 0. The number of nitrogens with one attached hydrogen (secondary N) is 4. The molecule has 120 valence electrons. The number of hydrogen-bond acceptors (Lipinski definition) is 4. The van der Waals surface area contributed by atoms with Gasteiger partial charge in [-0.2, -0.15) is 0 Å². The topological polar surface area (TPSA) is 58.0 Å². The summed E-state index contributed by atoms with van der Waals surface area (Å²) in [5.41, 5.74) is 0.403. The van der Waals surface area contributed by atoms with E-state index in [-0.39, 0.29) is 0 Å². The number of hydrogen-bond donors (Lipinski definition) is 4. The molecule has 4 heteroatoms. The van der Waals surface area contributed by atoms with Gasteiger partial charge in [0.1, 0.15) is 0 Å². The molecule has 0 spiro atoms. The second kappa shape index (κ2) is 10.6. The van der Waals surface area contributed by atoms with Crippen molar-refractivity contribution in [3.8, 4) is 0 Å². The molecule has 1 fully saturated rings. The zero-order valence-corrected chi connectivity index (χ0v) is 13.9. The third-order valence-electron chi connectivity index (χ3n) is 4.11. The second-order valence-corrected chi connectivity index (χ2v) is 6.48. The fraction of sp³-hybridized carbons (Fsp3) is 1.00. The smallest absolute Gasteiger partial charge is 0.0282 e. The Morgan fingerprint density at radius 1 is 0.800 bits per heavy atom. The molecule has 0 aromatic heterocycles. The molecule has 0 amide bonds. The van der Waals surface area contributed by atoms with E-state index < -0.39 is 0 Å². The lowest BCUT2D eigenvalue weighted by molar-refractivity contribution is 0.549. The van der Waals surface area contributed by atoms with Crippen LogP contribution in [0.4, 0.5) is 0 Å². The Bertz CT molecular complexity index is 231. The van der Waals surface area contributed by atoms with Crippen molar-refractivity contribution < 1.29 is 0 Å². The third kappa shape index (κ3) is 8.90. The number of unbranched alkanes of at least 4 members (excludes halogenated alkanes) is 2. The first-order valence-corrected chi connectivity index (χ1v) is 8.56. The van der Waals surface area contributed by atoms with Crippen molar-refractivity contribution in [2.75, 3.05) is 39.3 Å². The van der Waals surface area contributed by atoms with Gasteiger partial charge in [-0.05, 0) is 78.8 Å². The van der Waals surface area contributed by atoms with Gasteiger partial charge in [-0.1, -0.05) is 13.3 Å². The molecule has 0 aliphatic carbocycles. The van der Waals surface area contributed by atoms with E-state index in [9.17, 15) is 0 Å². The zero-order chi connectivity index (χ0) is 14.7. The van der Waals surface area contributed by atoms with E-state index >= 15 is 0 Å². The molecule has 1 rings (SSSR count). The minimum atomic E-state index is 0.403. The van der Waals surface area contributed by atoms with E-state index in [1.54, 1.807) is 0 Å². The Kier molecular flexibility index (Phi) is 9.44. The van der Waals surface area contributed by atoms with Gasteiger partial charge in [-0.25, -0.2) is 0 Å². The van der Waals surface area contributed by atoms with Crippen LogP contribution in [0.2, 0.25) is 0 Å². The summed E-state index contributed by atoms with van der Waals surface area (Å²) in [7, 11) is 0. The predicted molar refractivity (Wildman–Crippen MR) is 88.4 cm³/mol. The van der Waals surface area contributed by atoms with E-state index in [1.807, 2.05) is 0 Å². The van der Waals surface area contributed by atoms with Gasteiger partial charge in [0.05, 0.1) is 0 Å². The molecule has 0 radical (unpaired) electrons. The van der Waals surface area contributed by atoms with E-state index in [1.165, 1.54) is 45.2 Å². The SMILES string of the molecule is CCNCCCNCCCCCNCCC1NC1(C)C. The molecule has 4 N–H and O–H groups in total. The first-order valence-electron chi connectivity index (χ1n) is 8.56. The van der Waals surface area contributed by atoms with Crippen LogP contribution in [0.3, 0.4) is 0 Å². The minimum absolute atomic E-state index is 0.403. The minimum Gasteiger partial charge on any atom is -0.317 e. The summed E-state index contributed by atoms with van der Waals surface area (Å²) in [5, 5.41) is 13.9. The van der Waals surface area contributed by atoms with Crippen LogP contribution in [0.1, 0.15) is 52.9 Å². The highest BCUT2D eigenvalue weighted by Gasteiger charge is 2.43. The van der Waals surface area contributed by atoms with Crippen molar-refractivity contribution >= 4 is 0 Å². The second-order valence-electron chi connectivity index (χ2n) is 6.48. The molecule has 4 nitrogen and oxygen atoms in total. The van der Waals surface area contributed by atoms with Crippen LogP contribution in [0.5, 0.6) is 0 Å². The van der Waals surface area contributed by atoms with Gasteiger partial charge in [-0.15, -0.1) is 0 Å². The highest BCUT2D eigenvalue weighted by molar-refractivity contribution is 5.07. The number of rotatable bonds is 14. The van der Waals surface area contributed by atoms with Crippen molar-refractivity contribution in [3.63, 3.8) is 0 Å². The maximum Gasteiger partial charge on any atom is 0.0282 e. The van der Waals surface area contributed by atoms with Gasteiger partial charge in [0.15, 0.2) is 0 Å². The van der Waals surface area contributed by atoms with Crippen molar-refractivity contribution in [2.45, 2.75) is 64.5 Å². The van der Waals surface area contributed by atoms with Crippen LogP contribution in [0.15, 0.2) is 0 Å². The van der Waals surface area contributed by atoms with Crippen molar-refractivity contribution in [1.29, 1.82) is 0 Å². The third-order valence-corrected chi connectivity index (χ3v) is 4.11. The average Bonchev–Trinajstić information content (AvgIpc) is 3.02. The van der Waals surface area contributed by atoms with Crippen LogP contribution in [0, 0.1) is 0 Å².